The molecule has 160 valence electrons. The average molecular weight is 408 g/mol. The second-order valence-corrected chi connectivity index (χ2v) is 7.98. The first-order chi connectivity index (χ1) is 14.8. The van der Waals surface area contributed by atoms with Crippen molar-refractivity contribution in [1.29, 1.82) is 0 Å². The van der Waals surface area contributed by atoms with Gasteiger partial charge in [0.15, 0.2) is 5.96 Å². The highest BCUT2D eigenvalue weighted by Crippen LogP contribution is 2.25. The van der Waals surface area contributed by atoms with Crippen LogP contribution >= 0.6 is 0 Å². The first kappa shape index (κ1) is 20.5. The molecule has 1 aromatic heterocycles. The van der Waals surface area contributed by atoms with Crippen molar-refractivity contribution in [3.63, 3.8) is 0 Å². The van der Waals surface area contributed by atoms with E-state index in [2.05, 4.69) is 57.8 Å². The topological polar surface area (TPSA) is 61.8 Å². The molecule has 1 aromatic carbocycles. The van der Waals surface area contributed by atoms with E-state index >= 15 is 0 Å². The normalized spacial score (nSPS) is 16.2. The van der Waals surface area contributed by atoms with E-state index in [1.807, 2.05) is 6.20 Å². The molecule has 30 heavy (non-hydrogen) atoms. The number of aromatic nitrogens is 1. The molecular weight excluding hydrogens is 374 g/mol. The monoisotopic (exact) mass is 407 g/mol. The number of hydrogen-bond acceptors (Lipinski definition) is 4. The van der Waals surface area contributed by atoms with Gasteiger partial charge < -0.3 is 20.3 Å². The number of pyridine rings is 1. The summed E-state index contributed by atoms with van der Waals surface area (Å²) in [7, 11) is 0. The van der Waals surface area contributed by atoms with Crippen molar-refractivity contribution < 1.29 is 4.74 Å². The number of fused-ring (bicyclic) bond motifs is 1. The maximum atomic E-state index is 5.60. The van der Waals surface area contributed by atoms with Gasteiger partial charge in [-0.1, -0.05) is 12.1 Å². The second-order valence-electron chi connectivity index (χ2n) is 7.98. The van der Waals surface area contributed by atoms with Gasteiger partial charge in [0.2, 0.25) is 0 Å². The number of nitrogens with one attached hydrogen (secondary N) is 2. The summed E-state index contributed by atoms with van der Waals surface area (Å²) in [6.45, 7) is 7.46. The SMILES string of the molecule is CCNC(=NCc1ccnc(N2CCCCC2)c1)NCCc1ccc2c(c1)CCO2. The molecular formula is C24H33N5O. The minimum absolute atomic E-state index is 0.648. The number of nitrogens with zero attached hydrogens (tertiary/aromatic N) is 3. The molecule has 0 atom stereocenters. The summed E-state index contributed by atoms with van der Waals surface area (Å²) < 4.78 is 5.60. The highest BCUT2D eigenvalue weighted by atomic mass is 16.5. The zero-order chi connectivity index (χ0) is 20.6. The molecule has 6 nitrogen and oxygen atoms in total. The molecule has 1 saturated heterocycles. The average Bonchev–Trinajstić information content (AvgIpc) is 3.26. The van der Waals surface area contributed by atoms with Crippen LogP contribution < -0.4 is 20.3 Å². The summed E-state index contributed by atoms with van der Waals surface area (Å²) in [6.07, 6.45) is 7.74. The van der Waals surface area contributed by atoms with E-state index in [1.165, 1.54) is 36.0 Å². The molecule has 0 bridgehead atoms. The number of ether oxygens (including phenoxy) is 1. The molecule has 0 unspecified atom stereocenters. The molecule has 6 heteroatoms. The summed E-state index contributed by atoms with van der Waals surface area (Å²) >= 11 is 0. The Kier molecular flexibility index (Phi) is 7.06. The second kappa shape index (κ2) is 10.3. The summed E-state index contributed by atoms with van der Waals surface area (Å²) in [6, 6.07) is 10.8. The lowest BCUT2D eigenvalue weighted by atomic mass is 10.1. The highest BCUT2D eigenvalue weighted by Gasteiger charge is 2.13. The number of guanidine groups is 1. The van der Waals surface area contributed by atoms with Gasteiger partial charge in [-0.3, -0.25) is 0 Å². The Morgan fingerprint density at radius 3 is 2.87 bits per heavy atom. The number of aliphatic imine (C=N–C) groups is 1. The van der Waals surface area contributed by atoms with Crippen LogP contribution in [0, 0.1) is 0 Å². The fourth-order valence-electron chi connectivity index (χ4n) is 4.09. The maximum absolute atomic E-state index is 5.60. The summed E-state index contributed by atoms with van der Waals surface area (Å²) in [5, 5.41) is 6.82. The lowest BCUT2D eigenvalue weighted by molar-refractivity contribution is 0.357. The van der Waals surface area contributed by atoms with Crippen LogP contribution in [-0.2, 0) is 19.4 Å². The number of anilines is 1. The van der Waals surface area contributed by atoms with Crippen LogP contribution in [0.4, 0.5) is 5.82 Å². The van der Waals surface area contributed by atoms with Crippen LogP contribution in [0.2, 0.25) is 0 Å². The molecule has 2 aromatic rings. The van der Waals surface area contributed by atoms with Crippen LogP contribution in [0.25, 0.3) is 0 Å². The summed E-state index contributed by atoms with van der Waals surface area (Å²) in [4.78, 5) is 11.7. The Hall–Kier alpha value is -2.76. The molecule has 0 saturated carbocycles. The summed E-state index contributed by atoms with van der Waals surface area (Å²) in [5.74, 6) is 2.99. The van der Waals surface area contributed by atoms with Crippen molar-refractivity contribution in [3.05, 3.63) is 53.2 Å². The van der Waals surface area contributed by atoms with E-state index in [9.17, 15) is 0 Å². The lowest BCUT2D eigenvalue weighted by Gasteiger charge is -2.27. The maximum Gasteiger partial charge on any atom is 0.191 e. The molecule has 0 aliphatic carbocycles. The van der Waals surface area contributed by atoms with Gasteiger partial charge in [-0.15, -0.1) is 0 Å². The molecule has 1 fully saturated rings. The fraction of sp³-hybridized carbons (Fsp3) is 0.500. The largest absolute Gasteiger partial charge is 0.493 e. The van der Waals surface area contributed by atoms with Crippen molar-refractivity contribution in [2.24, 2.45) is 4.99 Å². The number of piperidine rings is 1. The van der Waals surface area contributed by atoms with Gasteiger partial charge >= 0.3 is 0 Å². The van der Waals surface area contributed by atoms with Crippen molar-refractivity contribution >= 4 is 11.8 Å². The Bertz CT molecular complexity index is 860. The standard InChI is InChI=1S/C24H33N5O/c1-2-25-24(27-12-8-19-6-7-22-21(16-19)10-15-30-22)28-18-20-9-11-26-23(17-20)29-13-4-3-5-14-29/h6-7,9,11,16-17H,2-5,8,10,12-15,18H2,1H3,(H2,25,27,28). The fourth-order valence-corrected chi connectivity index (χ4v) is 4.09. The van der Waals surface area contributed by atoms with E-state index in [4.69, 9.17) is 9.73 Å². The minimum Gasteiger partial charge on any atom is -0.493 e. The zero-order valence-corrected chi connectivity index (χ0v) is 18.0. The van der Waals surface area contributed by atoms with Crippen molar-refractivity contribution in [2.75, 3.05) is 37.7 Å². The third kappa shape index (κ3) is 5.43. The lowest BCUT2D eigenvalue weighted by Crippen LogP contribution is -2.38. The Balaban J connectivity index is 1.32. The van der Waals surface area contributed by atoms with E-state index in [0.29, 0.717) is 6.54 Å². The van der Waals surface area contributed by atoms with Crippen molar-refractivity contribution in [3.8, 4) is 5.75 Å². The smallest absolute Gasteiger partial charge is 0.191 e. The van der Waals surface area contributed by atoms with Crippen molar-refractivity contribution in [1.82, 2.24) is 15.6 Å². The molecule has 0 radical (unpaired) electrons. The highest BCUT2D eigenvalue weighted by molar-refractivity contribution is 5.79. The van der Waals surface area contributed by atoms with Gasteiger partial charge in [0.25, 0.3) is 0 Å². The molecule has 3 heterocycles. The van der Waals surface area contributed by atoms with Gasteiger partial charge in [-0.2, -0.15) is 0 Å². The number of rotatable bonds is 7. The Morgan fingerprint density at radius 1 is 1.10 bits per heavy atom. The molecule has 2 N–H and O–H groups in total. The Labute approximate surface area is 179 Å². The van der Waals surface area contributed by atoms with Gasteiger partial charge in [0.1, 0.15) is 11.6 Å². The van der Waals surface area contributed by atoms with Gasteiger partial charge in [-0.05, 0) is 67.5 Å². The summed E-state index contributed by atoms with van der Waals surface area (Å²) in [5.41, 5.74) is 3.86. The molecule has 0 amide bonds. The van der Waals surface area contributed by atoms with E-state index in [1.54, 1.807) is 0 Å². The first-order valence-electron chi connectivity index (χ1n) is 11.3. The van der Waals surface area contributed by atoms with Gasteiger partial charge in [-0.25, -0.2) is 9.98 Å². The van der Waals surface area contributed by atoms with Crippen molar-refractivity contribution in [2.45, 2.75) is 45.6 Å². The predicted octanol–water partition coefficient (Wildman–Crippen LogP) is 3.30. The third-order valence-electron chi connectivity index (χ3n) is 5.71. The molecule has 2 aliphatic heterocycles. The van der Waals surface area contributed by atoms with Crippen LogP contribution in [-0.4, -0.2) is 43.7 Å². The first-order valence-corrected chi connectivity index (χ1v) is 11.3. The minimum atomic E-state index is 0.648. The van der Waals surface area contributed by atoms with Crippen LogP contribution in [0.5, 0.6) is 5.75 Å². The van der Waals surface area contributed by atoms with Crippen LogP contribution in [0.3, 0.4) is 0 Å². The Morgan fingerprint density at radius 2 is 2.00 bits per heavy atom. The zero-order valence-electron chi connectivity index (χ0n) is 18.0. The molecule has 4 rings (SSSR count). The molecule has 0 spiro atoms. The van der Waals surface area contributed by atoms with E-state index in [-0.39, 0.29) is 0 Å². The van der Waals surface area contributed by atoms with Crippen LogP contribution in [0.1, 0.15) is 42.9 Å². The van der Waals surface area contributed by atoms with Gasteiger partial charge in [0, 0.05) is 38.8 Å². The third-order valence-corrected chi connectivity index (χ3v) is 5.71. The predicted molar refractivity (Wildman–Crippen MR) is 122 cm³/mol. The van der Waals surface area contributed by atoms with E-state index < -0.39 is 0 Å². The van der Waals surface area contributed by atoms with E-state index in [0.717, 1.165) is 63.2 Å². The number of hydrogen-bond donors (Lipinski definition) is 2. The quantitative estimate of drug-likeness (QED) is 0.545. The number of benzene rings is 1. The molecule has 2 aliphatic rings. The van der Waals surface area contributed by atoms with Gasteiger partial charge in [0.05, 0.1) is 13.2 Å². The van der Waals surface area contributed by atoms with Crippen LogP contribution in [0.15, 0.2) is 41.5 Å².